The van der Waals surface area contributed by atoms with Crippen LogP contribution in [0.15, 0.2) is 59.5 Å². The van der Waals surface area contributed by atoms with Crippen LogP contribution in [0.3, 0.4) is 0 Å². The van der Waals surface area contributed by atoms with E-state index in [1.165, 1.54) is 10.2 Å². The molecule has 2 aliphatic rings. The van der Waals surface area contributed by atoms with Crippen molar-refractivity contribution in [2.75, 3.05) is 58.9 Å². The maximum Gasteiger partial charge on any atom is 0.317 e. The number of carbonyl (C=O) groups excluding carboxylic acids is 1. The minimum atomic E-state index is -0.219. The minimum absolute atomic E-state index is 0.0214. The van der Waals surface area contributed by atoms with Crippen LogP contribution in [0, 0.1) is 13.8 Å². The van der Waals surface area contributed by atoms with Crippen molar-refractivity contribution in [1.82, 2.24) is 34.9 Å². The van der Waals surface area contributed by atoms with E-state index < -0.39 is 0 Å². The Kier molecular flexibility index (Phi) is 11.1. The van der Waals surface area contributed by atoms with Crippen molar-refractivity contribution in [2.45, 2.75) is 45.6 Å². The summed E-state index contributed by atoms with van der Waals surface area (Å²) in [4.78, 5) is 39.9. The quantitative estimate of drug-likeness (QED) is 0.167. The molecule has 2 N–H and O–H groups in total. The van der Waals surface area contributed by atoms with Crippen molar-refractivity contribution in [3.63, 3.8) is 0 Å². The summed E-state index contributed by atoms with van der Waals surface area (Å²) in [5, 5.41) is 12.5. The van der Waals surface area contributed by atoms with E-state index in [2.05, 4.69) is 26.7 Å². The lowest BCUT2D eigenvalue weighted by molar-refractivity contribution is 0.135. The van der Waals surface area contributed by atoms with Gasteiger partial charge in [-0.3, -0.25) is 9.69 Å². The number of hydrogen-bond donors (Lipinski definition) is 2. The van der Waals surface area contributed by atoms with Gasteiger partial charge in [0.2, 0.25) is 5.88 Å². The van der Waals surface area contributed by atoms with Gasteiger partial charge in [-0.15, -0.1) is 0 Å². The molecule has 0 spiro atoms. The average Bonchev–Trinajstić information content (AvgIpc) is 3.60. The van der Waals surface area contributed by atoms with E-state index in [1.54, 1.807) is 27.5 Å². The van der Waals surface area contributed by atoms with Crippen molar-refractivity contribution < 1.29 is 14.3 Å². The van der Waals surface area contributed by atoms with Crippen LogP contribution >= 0.6 is 11.6 Å². The number of nitrogens with one attached hydrogen (secondary N) is 2. The number of anilines is 2. The van der Waals surface area contributed by atoms with E-state index in [-0.39, 0.29) is 17.6 Å². The summed E-state index contributed by atoms with van der Waals surface area (Å²) >= 11 is 7.30. The van der Waals surface area contributed by atoms with Gasteiger partial charge in [0.1, 0.15) is 5.82 Å². The zero-order valence-electron chi connectivity index (χ0n) is 31.5. The van der Waals surface area contributed by atoms with Gasteiger partial charge in [0, 0.05) is 86.4 Å². The summed E-state index contributed by atoms with van der Waals surface area (Å²) in [6.45, 7) is 8.06. The Morgan fingerprint density at radius 2 is 1.76 bits per heavy atom. The predicted octanol–water partition coefficient (Wildman–Crippen LogP) is 6.82. The Balaban J connectivity index is 1.18. The number of ether oxygens (including phenoxy) is 2. The van der Waals surface area contributed by atoms with E-state index in [0.29, 0.717) is 48.3 Å². The molecule has 12 nitrogen and oxygen atoms in total. The van der Waals surface area contributed by atoms with Gasteiger partial charge in [-0.1, -0.05) is 41.9 Å². The van der Waals surface area contributed by atoms with Crippen molar-refractivity contribution in [3.8, 4) is 28.3 Å². The molecule has 1 atom stereocenters. The SMILES string of the molecule is COCCN1CCCN([C@@H]2CCc3cc(-c4cccc(-c5cccc(Nc6nc(C)cc7cnn(C)c(=O)c67)c5C)c4Cl)nc(OC)c32)CCCNC1=O. The summed E-state index contributed by atoms with van der Waals surface area (Å²) < 4.78 is 12.6. The molecule has 7 rings (SSSR count). The second-order valence-electron chi connectivity index (χ2n) is 14.0. The molecular weight excluding hydrogens is 704 g/mol. The van der Waals surface area contributed by atoms with Crippen LogP contribution in [0.2, 0.25) is 5.02 Å². The molecule has 1 saturated heterocycles. The van der Waals surface area contributed by atoms with Crippen molar-refractivity contribution in [2.24, 2.45) is 7.05 Å². The number of methoxy groups -OCH3 is 2. The second kappa shape index (κ2) is 16.1. The molecule has 2 amide bonds. The van der Waals surface area contributed by atoms with Gasteiger partial charge in [0.15, 0.2) is 0 Å². The molecule has 13 heteroatoms. The molecule has 0 bridgehead atoms. The zero-order chi connectivity index (χ0) is 37.9. The fraction of sp³-hybridized carbons (Fsp3) is 0.390. The Hall–Kier alpha value is -5.04. The molecule has 1 aliphatic heterocycles. The predicted molar refractivity (Wildman–Crippen MR) is 213 cm³/mol. The summed E-state index contributed by atoms with van der Waals surface area (Å²) in [6.07, 6.45) is 5.28. The van der Waals surface area contributed by atoms with Gasteiger partial charge in [0.05, 0.1) is 36.0 Å². The number of aromatic nitrogens is 4. The van der Waals surface area contributed by atoms with Crippen LogP contribution in [-0.2, 0) is 18.2 Å². The van der Waals surface area contributed by atoms with Crippen molar-refractivity contribution in [3.05, 3.63) is 92.5 Å². The average molecular weight is 751 g/mol. The summed E-state index contributed by atoms with van der Waals surface area (Å²) in [5.41, 5.74) is 8.11. The van der Waals surface area contributed by atoms with Crippen LogP contribution in [-0.4, -0.2) is 89.1 Å². The number of fused-ring (bicyclic) bond motifs is 2. The molecule has 0 unspecified atom stereocenters. The van der Waals surface area contributed by atoms with Crippen molar-refractivity contribution >= 4 is 39.9 Å². The fourth-order valence-corrected chi connectivity index (χ4v) is 8.17. The maximum atomic E-state index is 13.1. The summed E-state index contributed by atoms with van der Waals surface area (Å²) in [6, 6.07) is 16.2. The molecule has 0 radical (unpaired) electrons. The Morgan fingerprint density at radius 3 is 2.57 bits per heavy atom. The third kappa shape index (κ3) is 7.38. The number of hydrogen-bond acceptors (Lipinski definition) is 9. The topological polar surface area (TPSA) is 127 Å². The molecular formula is C41H47ClN8O4. The molecule has 5 aromatic rings. The van der Waals surface area contributed by atoms with E-state index in [0.717, 1.165) is 89.1 Å². The number of rotatable bonds is 9. The van der Waals surface area contributed by atoms with Crippen LogP contribution in [0.5, 0.6) is 5.88 Å². The number of nitrogens with zero attached hydrogens (tertiary/aromatic N) is 6. The summed E-state index contributed by atoms with van der Waals surface area (Å²) in [5.74, 6) is 1.11. The number of pyridine rings is 2. The number of aryl methyl sites for hydroxylation is 3. The first-order valence-electron chi connectivity index (χ1n) is 18.5. The molecule has 1 fully saturated rings. The van der Waals surface area contributed by atoms with Gasteiger partial charge >= 0.3 is 6.03 Å². The number of amides is 2. The maximum absolute atomic E-state index is 13.1. The highest BCUT2D eigenvalue weighted by Crippen LogP contribution is 2.45. The van der Waals surface area contributed by atoms with Gasteiger partial charge < -0.3 is 25.0 Å². The highest BCUT2D eigenvalue weighted by atomic mass is 35.5. The first-order valence-corrected chi connectivity index (χ1v) is 18.9. The van der Waals surface area contributed by atoms with Gasteiger partial charge in [-0.25, -0.2) is 19.4 Å². The monoisotopic (exact) mass is 750 g/mol. The van der Waals surface area contributed by atoms with E-state index >= 15 is 0 Å². The molecule has 2 aromatic carbocycles. The second-order valence-corrected chi connectivity index (χ2v) is 14.4. The minimum Gasteiger partial charge on any atom is -0.481 e. The Morgan fingerprint density at radius 1 is 0.981 bits per heavy atom. The number of carbonyl (C=O) groups is 1. The number of benzene rings is 2. The molecule has 0 saturated carbocycles. The molecule has 3 aromatic heterocycles. The lowest BCUT2D eigenvalue weighted by Gasteiger charge is -2.32. The Bertz CT molecular complexity index is 2260. The van der Waals surface area contributed by atoms with Gasteiger partial charge in [0.25, 0.3) is 5.56 Å². The third-order valence-electron chi connectivity index (χ3n) is 10.6. The fourth-order valence-electron chi connectivity index (χ4n) is 7.84. The molecule has 282 valence electrons. The van der Waals surface area contributed by atoms with Crippen molar-refractivity contribution in [1.29, 1.82) is 0 Å². The number of halogens is 1. The molecule has 54 heavy (non-hydrogen) atoms. The van der Waals surface area contributed by atoms with E-state index in [9.17, 15) is 9.59 Å². The normalized spacial score (nSPS) is 16.7. The van der Waals surface area contributed by atoms with E-state index in [1.807, 2.05) is 61.2 Å². The van der Waals surface area contributed by atoms with Crippen LogP contribution < -0.4 is 20.9 Å². The zero-order valence-corrected chi connectivity index (χ0v) is 32.3. The highest BCUT2D eigenvalue weighted by molar-refractivity contribution is 6.36. The van der Waals surface area contributed by atoms with Gasteiger partial charge in [-0.05, 0) is 74.4 Å². The lowest BCUT2D eigenvalue weighted by atomic mass is 9.96. The Labute approximate surface area is 320 Å². The first kappa shape index (κ1) is 37.3. The van der Waals surface area contributed by atoms with Gasteiger partial charge in [-0.2, -0.15) is 5.10 Å². The summed E-state index contributed by atoms with van der Waals surface area (Å²) in [7, 11) is 4.98. The largest absolute Gasteiger partial charge is 0.481 e. The van der Waals surface area contributed by atoms with E-state index in [4.69, 9.17) is 31.0 Å². The lowest BCUT2D eigenvalue weighted by Crippen LogP contribution is -2.45. The van der Waals surface area contributed by atoms with Crippen LogP contribution in [0.4, 0.5) is 16.3 Å². The standard InChI is InChI=1S/C41H47ClN8O4/c1-25-22-28-24-44-48(3)40(51)36(28)38(45-25)46-32-13-7-10-29(26(32)2)30-11-6-12-31(37(30)42)33-23-27-14-15-34(35(27)39(47-33)54-5)49-17-8-16-43-41(52)50(19-9-18-49)20-21-53-4/h6-7,10-13,22-24,34H,8-9,14-21H2,1-5H3,(H,43,52)(H,45,46)/t34-/m1/s1. The molecule has 1 aliphatic carbocycles. The smallest absolute Gasteiger partial charge is 0.317 e. The highest BCUT2D eigenvalue weighted by Gasteiger charge is 2.33. The number of urea groups is 1. The molecule has 4 heterocycles. The van der Waals surface area contributed by atoms with Crippen LogP contribution in [0.25, 0.3) is 33.2 Å². The van der Waals surface area contributed by atoms with Crippen LogP contribution in [0.1, 0.15) is 47.7 Å². The third-order valence-corrected chi connectivity index (χ3v) is 11.0. The first-order chi connectivity index (χ1) is 26.2.